The number of aromatic hydroxyl groups is 1. The van der Waals surface area contributed by atoms with Gasteiger partial charge in [0, 0.05) is 17.2 Å². The Bertz CT molecular complexity index is 1200. The van der Waals surface area contributed by atoms with E-state index in [2.05, 4.69) is 0 Å². The summed E-state index contributed by atoms with van der Waals surface area (Å²) in [5.41, 5.74) is 1.62. The maximum absolute atomic E-state index is 13.4. The molecule has 1 amide bonds. The van der Waals surface area contributed by atoms with Gasteiger partial charge in [-0.25, -0.2) is 0 Å². The van der Waals surface area contributed by atoms with E-state index in [1.807, 2.05) is 33.8 Å². The molecule has 1 atom stereocenters. The molecule has 2 fully saturated rings. The molecule has 0 spiro atoms. The number of nitrogens with zero attached hydrogens (tertiary/aromatic N) is 1. The van der Waals surface area contributed by atoms with Crippen LogP contribution in [-0.4, -0.2) is 46.6 Å². The van der Waals surface area contributed by atoms with Crippen LogP contribution in [0.2, 0.25) is 0 Å². The summed E-state index contributed by atoms with van der Waals surface area (Å²) in [6.07, 6.45) is 3.54. The Balaban J connectivity index is 1.91. The second-order valence-corrected chi connectivity index (χ2v) is 10.5. The number of rotatable bonds is 6. The van der Waals surface area contributed by atoms with Crippen molar-refractivity contribution >= 4 is 17.4 Å². The third-order valence-corrected chi connectivity index (χ3v) is 7.08. The molecule has 1 saturated carbocycles. The minimum absolute atomic E-state index is 0.0282. The summed E-state index contributed by atoms with van der Waals surface area (Å²) in [4.78, 5) is 28.3. The van der Waals surface area contributed by atoms with Gasteiger partial charge in [0.2, 0.25) is 0 Å². The number of carbonyl (C=O) groups excluding carboxylic acids is 2. The third kappa shape index (κ3) is 4.54. The van der Waals surface area contributed by atoms with Crippen molar-refractivity contribution in [1.29, 1.82) is 0 Å². The van der Waals surface area contributed by atoms with Crippen LogP contribution in [0.3, 0.4) is 0 Å². The van der Waals surface area contributed by atoms with Crippen LogP contribution in [0, 0.1) is 0 Å². The molecule has 192 valence electrons. The monoisotopic (exact) mass is 493 g/mol. The first-order chi connectivity index (χ1) is 17.1. The summed E-state index contributed by atoms with van der Waals surface area (Å²) in [6, 6.07) is 9.24. The fourth-order valence-corrected chi connectivity index (χ4v) is 5.31. The first-order valence-electron chi connectivity index (χ1n) is 12.5. The van der Waals surface area contributed by atoms with Gasteiger partial charge < -0.3 is 24.6 Å². The number of amides is 1. The minimum Gasteiger partial charge on any atom is -0.507 e. The molecular weight excluding hydrogens is 458 g/mol. The largest absolute Gasteiger partial charge is 0.507 e. The average Bonchev–Trinajstić information content (AvgIpc) is 3.45. The first kappa shape index (κ1) is 25.6. The van der Waals surface area contributed by atoms with E-state index in [0.29, 0.717) is 23.5 Å². The lowest BCUT2D eigenvalue weighted by Crippen LogP contribution is -2.37. The molecule has 1 aliphatic heterocycles. The third-order valence-electron chi connectivity index (χ3n) is 7.08. The normalized spacial score (nSPS) is 20.2. The highest BCUT2D eigenvalue weighted by Gasteiger charge is 2.49. The van der Waals surface area contributed by atoms with Crippen molar-refractivity contribution in [2.45, 2.75) is 70.9 Å². The van der Waals surface area contributed by atoms with Crippen LogP contribution >= 0.6 is 0 Å². The second-order valence-electron chi connectivity index (χ2n) is 10.5. The number of carbonyl (C=O) groups is 2. The van der Waals surface area contributed by atoms with E-state index in [1.54, 1.807) is 29.2 Å². The molecular formula is C29H35NO6. The fourth-order valence-electron chi connectivity index (χ4n) is 5.31. The number of phenolic OH excluding ortho intramolecular Hbond substituents is 1. The summed E-state index contributed by atoms with van der Waals surface area (Å²) < 4.78 is 11.0. The Kier molecular flexibility index (Phi) is 7.03. The summed E-state index contributed by atoms with van der Waals surface area (Å²) >= 11 is 0. The molecule has 1 aliphatic carbocycles. The highest BCUT2D eigenvalue weighted by Crippen LogP contribution is 2.45. The van der Waals surface area contributed by atoms with Crippen LogP contribution < -0.4 is 9.47 Å². The fraction of sp³-hybridized carbons (Fsp3) is 0.448. The number of benzene rings is 2. The van der Waals surface area contributed by atoms with E-state index in [9.17, 15) is 19.8 Å². The molecule has 36 heavy (non-hydrogen) atoms. The minimum atomic E-state index is -0.811. The Morgan fingerprint density at radius 1 is 1.06 bits per heavy atom. The molecule has 1 saturated heterocycles. The van der Waals surface area contributed by atoms with Crippen LogP contribution in [0.4, 0.5) is 0 Å². The highest BCUT2D eigenvalue weighted by molar-refractivity contribution is 6.46. The van der Waals surface area contributed by atoms with Crippen LogP contribution in [0.15, 0.2) is 42.0 Å². The predicted octanol–water partition coefficient (Wildman–Crippen LogP) is 5.46. The number of phenols is 1. The lowest BCUT2D eigenvalue weighted by atomic mass is 9.84. The standard InChI is InChI=1S/C29H35NO6/c1-6-36-22-13-12-18(15-20(22)29(2,3)4)26(32)24-25(17-11-14-23(35-5)21(31)16-17)30(28(34)27(24)33)19-9-7-8-10-19/h11-16,19,25,31-32H,6-10H2,1-5H3/b26-24-. The molecule has 4 rings (SSSR count). The molecule has 2 aromatic rings. The van der Waals surface area contributed by atoms with E-state index in [1.165, 1.54) is 13.2 Å². The molecule has 1 heterocycles. The number of Topliss-reactive ketones (excluding diaryl/α,β-unsaturated/α-hetero) is 1. The number of aliphatic hydroxyl groups excluding tert-OH is 1. The summed E-state index contributed by atoms with van der Waals surface area (Å²) in [5, 5.41) is 22.0. The zero-order valence-corrected chi connectivity index (χ0v) is 21.6. The molecule has 7 nitrogen and oxygen atoms in total. The van der Waals surface area contributed by atoms with Crippen molar-refractivity contribution in [3.63, 3.8) is 0 Å². The Labute approximate surface area is 212 Å². The van der Waals surface area contributed by atoms with Gasteiger partial charge in [0.05, 0.1) is 25.3 Å². The molecule has 2 N–H and O–H groups in total. The number of hydrogen-bond donors (Lipinski definition) is 2. The highest BCUT2D eigenvalue weighted by atomic mass is 16.5. The number of ether oxygens (including phenoxy) is 2. The quantitative estimate of drug-likeness (QED) is 0.315. The smallest absolute Gasteiger partial charge is 0.295 e. The maximum atomic E-state index is 13.4. The first-order valence-corrected chi connectivity index (χ1v) is 12.5. The van der Waals surface area contributed by atoms with Gasteiger partial charge in [0.1, 0.15) is 11.5 Å². The number of aliphatic hydroxyl groups is 1. The van der Waals surface area contributed by atoms with E-state index in [4.69, 9.17) is 9.47 Å². The topological polar surface area (TPSA) is 96.3 Å². The Hall–Kier alpha value is -3.48. The Morgan fingerprint density at radius 2 is 1.72 bits per heavy atom. The van der Waals surface area contributed by atoms with Gasteiger partial charge in [-0.2, -0.15) is 0 Å². The molecule has 1 unspecified atom stereocenters. The number of likely N-dealkylation sites (tertiary alicyclic amines) is 1. The van der Waals surface area contributed by atoms with Crippen molar-refractivity contribution in [2.24, 2.45) is 0 Å². The Morgan fingerprint density at radius 3 is 2.31 bits per heavy atom. The maximum Gasteiger partial charge on any atom is 0.295 e. The van der Waals surface area contributed by atoms with E-state index in [-0.39, 0.29) is 34.3 Å². The van der Waals surface area contributed by atoms with E-state index >= 15 is 0 Å². The van der Waals surface area contributed by atoms with Crippen LogP contribution in [0.5, 0.6) is 17.2 Å². The number of ketones is 1. The van der Waals surface area contributed by atoms with Crippen LogP contribution in [-0.2, 0) is 15.0 Å². The van der Waals surface area contributed by atoms with Gasteiger partial charge in [-0.05, 0) is 61.1 Å². The number of methoxy groups -OCH3 is 1. The van der Waals surface area contributed by atoms with Gasteiger partial charge in [-0.15, -0.1) is 0 Å². The molecule has 0 radical (unpaired) electrons. The van der Waals surface area contributed by atoms with Crippen molar-refractivity contribution in [2.75, 3.05) is 13.7 Å². The van der Waals surface area contributed by atoms with Crippen molar-refractivity contribution < 1.29 is 29.3 Å². The number of hydrogen-bond acceptors (Lipinski definition) is 6. The van der Waals surface area contributed by atoms with Crippen molar-refractivity contribution in [3.05, 3.63) is 58.7 Å². The van der Waals surface area contributed by atoms with Gasteiger partial charge in [-0.3, -0.25) is 9.59 Å². The van der Waals surface area contributed by atoms with E-state index in [0.717, 1.165) is 31.2 Å². The van der Waals surface area contributed by atoms with E-state index < -0.39 is 17.7 Å². The lowest BCUT2D eigenvalue weighted by Gasteiger charge is -2.31. The summed E-state index contributed by atoms with van der Waals surface area (Å²) in [6.45, 7) is 8.56. The average molecular weight is 494 g/mol. The zero-order valence-electron chi connectivity index (χ0n) is 21.6. The molecule has 2 aromatic carbocycles. The van der Waals surface area contributed by atoms with Gasteiger partial charge in [-0.1, -0.05) is 39.7 Å². The predicted molar refractivity (Wildman–Crippen MR) is 137 cm³/mol. The summed E-state index contributed by atoms with van der Waals surface area (Å²) in [7, 11) is 1.46. The van der Waals surface area contributed by atoms with Crippen LogP contribution in [0.25, 0.3) is 5.76 Å². The van der Waals surface area contributed by atoms with Gasteiger partial charge >= 0.3 is 0 Å². The summed E-state index contributed by atoms with van der Waals surface area (Å²) in [5.74, 6) is -0.662. The van der Waals surface area contributed by atoms with Crippen molar-refractivity contribution in [1.82, 2.24) is 4.90 Å². The zero-order chi connectivity index (χ0) is 26.2. The van der Waals surface area contributed by atoms with Gasteiger partial charge in [0.25, 0.3) is 11.7 Å². The molecule has 7 heteroatoms. The molecule has 2 aliphatic rings. The molecule has 0 aromatic heterocycles. The SMILES string of the molecule is CCOc1ccc(/C(O)=C2/C(=O)C(=O)N(C3CCCC3)C2c2ccc(OC)c(O)c2)cc1C(C)(C)C. The molecule has 0 bridgehead atoms. The van der Waals surface area contributed by atoms with Crippen molar-refractivity contribution in [3.8, 4) is 17.2 Å². The lowest BCUT2D eigenvalue weighted by molar-refractivity contribution is -0.141. The van der Waals surface area contributed by atoms with Crippen LogP contribution in [0.1, 0.15) is 76.1 Å². The van der Waals surface area contributed by atoms with Gasteiger partial charge in [0.15, 0.2) is 11.5 Å². The second kappa shape index (κ2) is 9.88.